The predicted octanol–water partition coefficient (Wildman–Crippen LogP) is 4.46. The lowest BCUT2D eigenvalue weighted by atomic mass is 9.99. The van der Waals surface area contributed by atoms with Gasteiger partial charge in [0.2, 0.25) is 5.91 Å². The van der Waals surface area contributed by atoms with Gasteiger partial charge in [-0.05, 0) is 63.8 Å². The van der Waals surface area contributed by atoms with Crippen LogP contribution in [0.4, 0.5) is 5.69 Å². The molecule has 0 bridgehead atoms. The summed E-state index contributed by atoms with van der Waals surface area (Å²) in [6.45, 7) is 9.69. The van der Waals surface area contributed by atoms with E-state index < -0.39 is 11.6 Å². The molecule has 1 heterocycles. The quantitative estimate of drug-likeness (QED) is 0.659. The molecule has 2 aromatic carbocycles. The maximum atomic E-state index is 13.5. The van der Waals surface area contributed by atoms with Crippen LogP contribution in [-0.2, 0) is 4.79 Å². The standard InChI is InChI=1S/C23H26N4O2S/c1-15-9-11-18(12-10-15)27(22(29)19-14-30-26-25-19)20(21(28)24-23(3,4)5)17-8-6-7-16(2)13-17/h6-14,20H,1-5H3,(H,24,28)/t20-/m0/s1. The zero-order chi connectivity index (χ0) is 21.9. The normalized spacial score (nSPS) is 12.3. The van der Waals surface area contributed by atoms with Gasteiger partial charge in [-0.2, -0.15) is 0 Å². The number of amides is 2. The smallest absolute Gasteiger partial charge is 0.280 e. The van der Waals surface area contributed by atoms with Gasteiger partial charge in [0.25, 0.3) is 5.91 Å². The van der Waals surface area contributed by atoms with Crippen LogP contribution >= 0.6 is 11.5 Å². The molecule has 0 aliphatic rings. The molecule has 6 nitrogen and oxygen atoms in total. The maximum absolute atomic E-state index is 13.5. The summed E-state index contributed by atoms with van der Waals surface area (Å²) in [5, 5.41) is 8.58. The molecule has 0 fully saturated rings. The van der Waals surface area contributed by atoms with Crippen molar-refractivity contribution in [3.05, 3.63) is 76.3 Å². The molecule has 0 aliphatic heterocycles. The second-order valence-electron chi connectivity index (χ2n) is 8.36. The van der Waals surface area contributed by atoms with E-state index in [0.29, 0.717) is 5.69 Å². The van der Waals surface area contributed by atoms with Crippen LogP contribution in [0.2, 0.25) is 0 Å². The van der Waals surface area contributed by atoms with E-state index in [0.717, 1.165) is 28.2 Å². The Labute approximate surface area is 181 Å². The Balaban J connectivity index is 2.18. The number of aryl methyl sites for hydroxylation is 2. The topological polar surface area (TPSA) is 75.2 Å². The van der Waals surface area contributed by atoms with Gasteiger partial charge in [0.1, 0.15) is 6.04 Å². The number of aromatic nitrogens is 2. The van der Waals surface area contributed by atoms with Crippen molar-refractivity contribution < 1.29 is 9.59 Å². The van der Waals surface area contributed by atoms with Crippen LogP contribution in [0.5, 0.6) is 0 Å². The van der Waals surface area contributed by atoms with Crippen molar-refractivity contribution in [1.29, 1.82) is 0 Å². The SMILES string of the molecule is Cc1ccc(N(C(=O)c2csnn2)[C@H](C(=O)NC(C)(C)C)c2cccc(C)c2)cc1. The molecule has 0 unspecified atom stereocenters. The summed E-state index contributed by atoms with van der Waals surface area (Å²) in [6.07, 6.45) is 0. The molecule has 0 spiro atoms. The lowest BCUT2D eigenvalue weighted by molar-refractivity contribution is -0.123. The number of carbonyl (C=O) groups is 2. The van der Waals surface area contributed by atoms with Gasteiger partial charge < -0.3 is 5.32 Å². The number of nitrogens with zero attached hydrogens (tertiary/aromatic N) is 3. The predicted molar refractivity (Wildman–Crippen MR) is 120 cm³/mol. The zero-order valence-electron chi connectivity index (χ0n) is 17.8. The highest BCUT2D eigenvalue weighted by Gasteiger charge is 2.35. The van der Waals surface area contributed by atoms with Crippen LogP contribution in [0, 0.1) is 13.8 Å². The van der Waals surface area contributed by atoms with Crippen molar-refractivity contribution in [1.82, 2.24) is 14.9 Å². The highest BCUT2D eigenvalue weighted by atomic mass is 32.1. The van der Waals surface area contributed by atoms with E-state index >= 15 is 0 Å². The van der Waals surface area contributed by atoms with Crippen LogP contribution in [0.15, 0.2) is 53.9 Å². The fourth-order valence-electron chi connectivity index (χ4n) is 3.17. The molecule has 3 aromatic rings. The number of nitrogens with one attached hydrogen (secondary N) is 1. The average Bonchev–Trinajstić information content (AvgIpc) is 3.19. The van der Waals surface area contributed by atoms with Crippen molar-refractivity contribution in [3.8, 4) is 0 Å². The molecule has 0 saturated carbocycles. The highest BCUT2D eigenvalue weighted by Crippen LogP contribution is 2.31. The Hall–Kier alpha value is -3.06. The monoisotopic (exact) mass is 422 g/mol. The molecule has 1 N–H and O–H groups in total. The van der Waals surface area contributed by atoms with Crippen molar-refractivity contribution in [2.75, 3.05) is 4.90 Å². The number of rotatable bonds is 5. The molecule has 30 heavy (non-hydrogen) atoms. The van der Waals surface area contributed by atoms with Crippen molar-refractivity contribution in [2.45, 2.75) is 46.2 Å². The van der Waals surface area contributed by atoms with Gasteiger partial charge in [0.05, 0.1) is 0 Å². The fraction of sp³-hybridized carbons (Fsp3) is 0.304. The number of benzene rings is 2. The second kappa shape index (κ2) is 8.75. The van der Waals surface area contributed by atoms with Gasteiger partial charge in [0, 0.05) is 16.6 Å². The summed E-state index contributed by atoms with van der Waals surface area (Å²) in [5.41, 5.74) is 3.17. The molecular weight excluding hydrogens is 396 g/mol. The number of hydrogen-bond acceptors (Lipinski definition) is 5. The van der Waals surface area contributed by atoms with Gasteiger partial charge >= 0.3 is 0 Å². The number of hydrogen-bond donors (Lipinski definition) is 1. The molecule has 1 atom stereocenters. The fourth-order valence-corrected chi connectivity index (χ4v) is 3.60. The van der Waals surface area contributed by atoms with Crippen molar-refractivity contribution in [3.63, 3.8) is 0 Å². The summed E-state index contributed by atoms with van der Waals surface area (Å²) < 4.78 is 3.83. The van der Waals surface area contributed by atoms with Crippen LogP contribution in [-0.4, -0.2) is 26.9 Å². The van der Waals surface area contributed by atoms with Crippen molar-refractivity contribution in [2.24, 2.45) is 0 Å². The van der Waals surface area contributed by atoms with Gasteiger partial charge in [-0.15, -0.1) is 5.10 Å². The third-order valence-electron chi connectivity index (χ3n) is 4.47. The van der Waals surface area contributed by atoms with E-state index in [9.17, 15) is 9.59 Å². The van der Waals surface area contributed by atoms with Crippen LogP contribution in [0.3, 0.4) is 0 Å². The first-order valence-corrected chi connectivity index (χ1v) is 10.6. The Morgan fingerprint density at radius 1 is 1.03 bits per heavy atom. The first kappa shape index (κ1) is 21.6. The number of anilines is 1. The Morgan fingerprint density at radius 2 is 1.73 bits per heavy atom. The molecule has 0 radical (unpaired) electrons. The van der Waals surface area contributed by atoms with E-state index in [1.807, 2.05) is 83.1 Å². The Morgan fingerprint density at radius 3 is 2.30 bits per heavy atom. The van der Waals surface area contributed by atoms with E-state index in [1.165, 1.54) is 4.90 Å². The van der Waals surface area contributed by atoms with E-state index in [4.69, 9.17) is 0 Å². The average molecular weight is 423 g/mol. The summed E-state index contributed by atoms with van der Waals surface area (Å²) in [7, 11) is 0. The van der Waals surface area contributed by atoms with Crippen molar-refractivity contribution >= 4 is 29.0 Å². The molecule has 7 heteroatoms. The summed E-state index contributed by atoms with van der Waals surface area (Å²) in [5.74, 6) is -0.631. The maximum Gasteiger partial charge on any atom is 0.280 e. The molecule has 3 rings (SSSR count). The van der Waals surface area contributed by atoms with E-state index in [1.54, 1.807) is 5.38 Å². The van der Waals surface area contributed by atoms with E-state index in [-0.39, 0.29) is 17.5 Å². The molecule has 0 aliphatic carbocycles. The van der Waals surface area contributed by atoms with Gasteiger partial charge in [-0.3, -0.25) is 14.5 Å². The van der Waals surface area contributed by atoms with Gasteiger partial charge in [-0.25, -0.2) is 0 Å². The van der Waals surface area contributed by atoms with Crippen LogP contribution < -0.4 is 10.2 Å². The van der Waals surface area contributed by atoms with E-state index in [2.05, 4.69) is 14.9 Å². The summed E-state index contributed by atoms with van der Waals surface area (Å²) in [4.78, 5) is 28.5. The minimum Gasteiger partial charge on any atom is -0.349 e. The summed E-state index contributed by atoms with van der Waals surface area (Å²) >= 11 is 1.10. The first-order chi connectivity index (χ1) is 14.2. The number of carbonyl (C=O) groups excluding carboxylic acids is 2. The van der Waals surface area contributed by atoms with Gasteiger partial charge in [-0.1, -0.05) is 52.0 Å². The Bertz CT molecular complexity index is 1020. The highest BCUT2D eigenvalue weighted by molar-refractivity contribution is 7.03. The third kappa shape index (κ3) is 5.10. The first-order valence-electron chi connectivity index (χ1n) is 9.71. The van der Waals surface area contributed by atoms with Gasteiger partial charge in [0.15, 0.2) is 5.69 Å². The molecule has 156 valence electrons. The molecular formula is C23H26N4O2S. The largest absolute Gasteiger partial charge is 0.349 e. The van der Waals surface area contributed by atoms with Crippen LogP contribution in [0.1, 0.15) is 54.0 Å². The molecule has 2 amide bonds. The lowest BCUT2D eigenvalue weighted by Gasteiger charge is -2.33. The lowest BCUT2D eigenvalue weighted by Crippen LogP contribution is -2.49. The Kier molecular flexibility index (Phi) is 6.31. The minimum absolute atomic E-state index is 0.210. The second-order valence-corrected chi connectivity index (χ2v) is 8.97. The summed E-state index contributed by atoms with van der Waals surface area (Å²) in [6, 6.07) is 14.3. The van der Waals surface area contributed by atoms with Crippen LogP contribution in [0.25, 0.3) is 0 Å². The minimum atomic E-state index is -0.860. The molecule has 0 saturated heterocycles. The molecule has 1 aromatic heterocycles. The third-order valence-corrected chi connectivity index (χ3v) is 4.98. The zero-order valence-corrected chi connectivity index (χ0v) is 18.7.